The first kappa shape index (κ1) is 22.1. The predicted molar refractivity (Wildman–Crippen MR) is 125 cm³/mol. The van der Waals surface area contributed by atoms with Gasteiger partial charge in [-0.3, -0.25) is 4.90 Å². The van der Waals surface area contributed by atoms with E-state index in [-0.39, 0.29) is 10.9 Å². The summed E-state index contributed by atoms with van der Waals surface area (Å²) in [6.45, 7) is 7.24. The number of fused-ring (bicyclic) bond motifs is 1. The van der Waals surface area contributed by atoms with E-state index in [4.69, 9.17) is 4.74 Å². The van der Waals surface area contributed by atoms with E-state index < -0.39 is 10.0 Å². The molecule has 2 aliphatic heterocycles. The highest BCUT2D eigenvalue weighted by atomic mass is 32.2. The fourth-order valence-electron chi connectivity index (χ4n) is 4.70. The van der Waals surface area contributed by atoms with Gasteiger partial charge in [0.15, 0.2) is 0 Å². The molecule has 1 N–H and O–H groups in total. The first-order valence-corrected chi connectivity index (χ1v) is 12.5. The first-order valence-electron chi connectivity index (χ1n) is 11.0. The van der Waals surface area contributed by atoms with Crippen molar-refractivity contribution < 1.29 is 13.2 Å². The van der Waals surface area contributed by atoms with Crippen LogP contribution in [0.3, 0.4) is 0 Å². The summed E-state index contributed by atoms with van der Waals surface area (Å²) in [6.07, 6.45) is 3.35. The molecule has 168 valence electrons. The topological polar surface area (TPSA) is 61.9 Å². The fourth-order valence-corrected chi connectivity index (χ4v) is 5.98. The van der Waals surface area contributed by atoms with Crippen molar-refractivity contribution in [2.75, 3.05) is 45.2 Å². The lowest BCUT2D eigenvalue weighted by molar-refractivity contribution is 0.246. The van der Waals surface area contributed by atoms with Crippen LogP contribution in [-0.2, 0) is 16.4 Å². The minimum absolute atomic E-state index is 0.0195. The molecule has 2 heterocycles. The molecule has 0 amide bonds. The average molecular weight is 444 g/mol. The number of likely N-dealkylation sites (N-methyl/N-ethyl adjacent to an activating group) is 1. The number of rotatable bonds is 7. The zero-order valence-corrected chi connectivity index (χ0v) is 19.8. The third-order valence-electron chi connectivity index (χ3n) is 6.73. The van der Waals surface area contributed by atoms with E-state index in [1.807, 2.05) is 13.8 Å². The summed E-state index contributed by atoms with van der Waals surface area (Å²) >= 11 is 0. The molecule has 4 rings (SSSR count). The van der Waals surface area contributed by atoms with Gasteiger partial charge in [0, 0.05) is 31.9 Å². The lowest BCUT2D eigenvalue weighted by Crippen LogP contribution is -2.37. The van der Waals surface area contributed by atoms with Gasteiger partial charge in [-0.2, -0.15) is 0 Å². The Balaban J connectivity index is 1.61. The van der Waals surface area contributed by atoms with Crippen molar-refractivity contribution in [3.63, 3.8) is 0 Å². The van der Waals surface area contributed by atoms with Crippen LogP contribution in [0, 0.1) is 13.8 Å². The minimum atomic E-state index is -3.71. The molecule has 0 aromatic heterocycles. The third kappa shape index (κ3) is 4.45. The Morgan fingerprint density at radius 1 is 1.06 bits per heavy atom. The van der Waals surface area contributed by atoms with Gasteiger partial charge in [0.05, 0.1) is 7.11 Å². The van der Waals surface area contributed by atoms with Gasteiger partial charge in [0.1, 0.15) is 10.6 Å². The van der Waals surface area contributed by atoms with Gasteiger partial charge in [-0.1, -0.05) is 12.1 Å². The van der Waals surface area contributed by atoms with Crippen LogP contribution in [-0.4, -0.2) is 53.7 Å². The lowest BCUT2D eigenvalue weighted by Gasteiger charge is -2.29. The van der Waals surface area contributed by atoms with E-state index in [2.05, 4.69) is 39.8 Å². The molecular weight excluding hydrogens is 410 g/mol. The Bertz CT molecular complexity index is 1060. The molecule has 1 saturated heterocycles. The number of nitrogens with zero attached hydrogens (tertiary/aromatic N) is 2. The van der Waals surface area contributed by atoms with E-state index in [9.17, 15) is 8.42 Å². The van der Waals surface area contributed by atoms with E-state index in [1.54, 1.807) is 12.1 Å². The molecule has 31 heavy (non-hydrogen) atoms. The summed E-state index contributed by atoms with van der Waals surface area (Å²) in [5.74, 6) is 0.383. The molecular formula is C24H33N3O3S. The van der Waals surface area contributed by atoms with Gasteiger partial charge < -0.3 is 9.64 Å². The van der Waals surface area contributed by atoms with Crippen molar-refractivity contribution in [2.24, 2.45) is 0 Å². The van der Waals surface area contributed by atoms with Crippen molar-refractivity contribution in [3.05, 3.63) is 52.6 Å². The quantitative estimate of drug-likeness (QED) is 0.711. The number of ether oxygens (including phenoxy) is 1. The summed E-state index contributed by atoms with van der Waals surface area (Å²) in [7, 11) is -0.0739. The van der Waals surface area contributed by atoms with Crippen molar-refractivity contribution in [2.45, 2.75) is 44.0 Å². The maximum Gasteiger partial charge on any atom is 0.244 e. The highest BCUT2D eigenvalue weighted by molar-refractivity contribution is 7.89. The first-order chi connectivity index (χ1) is 14.8. The smallest absolute Gasteiger partial charge is 0.244 e. The lowest BCUT2D eigenvalue weighted by atomic mass is 10.0. The molecule has 1 unspecified atom stereocenters. The van der Waals surface area contributed by atoms with Crippen molar-refractivity contribution >= 4 is 15.7 Å². The highest BCUT2D eigenvalue weighted by Crippen LogP contribution is 2.33. The second kappa shape index (κ2) is 8.81. The van der Waals surface area contributed by atoms with Crippen LogP contribution in [0.5, 0.6) is 5.75 Å². The molecule has 1 fully saturated rings. The van der Waals surface area contributed by atoms with Crippen LogP contribution in [0.25, 0.3) is 0 Å². The third-order valence-corrected chi connectivity index (χ3v) is 8.18. The Labute approximate surface area is 186 Å². The van der Waals surface area contributed by atoms with Gasteiger partial charge in [-0.25, -0.2) is 13.1 Å². The molecule has 2 aromatic carbocycles. The van der Waals surface area contributed by atoms with Crippen molar-refractivity contribution in [1.82, 2.24) is 9.62 Å². The van der Waals surface area contributed by atoms with E-state index in [0.717, 1.165) is 50.0 Å². The number of hydrogen-bond donors (Lipinski definition) is 1. The summed E-state index contributed by atoms with van der Waals surface area (Å²) in [6, 6.07) is 10.1. The van der Waals surface area contributed by atoms with E-state index >= 15 is 0 Å². The standard InChI is InChI=1S/C24H33N3O3S/c1-17-13-23(30-4)24(14-18(17)2)31(28,29)25-16-22(27-10-5-6-11-27)19-7-8-21-20(15-19)9-12-26(21)3/h7-8,13-15,22,25H,5-6,9-12,16H2,1-4H3. The average Bonchev–Trinajstić information content (AvgIpc) is 3.40. The summed E-state index contributed by atoms with van der Waals surface area (Å²) in [5, 5.41) is 0. The SMILES string of the molecule is COc1cc(C)c(C)cc1S(=O)(=O)NCC(c1ccc2c(c1)CCN2C)N1CCCC1. The number of aryl methyl sites for hydroxylation is 2. The maximum absolute atomic E-state index is 13.2. The zero-order chi connectivity index (χ0) is 22.2. The van der Waals surface area contributed by atoms with Gasteiger partial charge in [0.25, 0.3) is 0 Å². The number of sulfonamides is 1. The molecule has 6 nitrogen and oxygen atoms in total. The second-order valence-corrected chi connectivity index (χ2v) is 10.5. The maximum atomic E-state index is 13.2. The number of benzene rings is 2. The van der Waals surface area contributed by atoms with Gasteiger partial charge in [-0.15, -0.1) is 0 Å². The van der Waals surface area contributed by atoms with Crippen LogP contribution in [0.4, 0.5) is 5.69 Å². The normalized spacial score (nSPS) is 17.7. The molecule has 0 saturated carbocycles. The van der Waals surface area contributed by atoms with Crippen molar-refractivity contribution in [1.29, 1.82) is 0 Å². The summed E-state index contributed by atoms with van der Waals surface area (Å²) in [4.78, 5) is 4.88. The van der Waals surface area contributed by atoms with Crippen LogP contribution in [0.15, 0.2) is 35.2 Å². The highest BCUT2D eigenvalue weighted by Gasteiger charge is 2.28. The Hall–Kier alpha value is -2.09. The van der Waals surface area contributed by atoms with E-state index in [0.29, 0.717) is 12.3 Å². The minimum Gasteiger partial charge on any atom is -0.495 e. The number of likely N-dealkylation sites (tertiary alicyclic amines) is 1. The van der Waals surface area contributed by atoms with E-state index in [1.165, 1.54) is 23.9 Å². The van der Waals surface area contributed by atoms with Crippen LogP contribution < -0.4 is 14.4 Å². The Morgan fingerprint density at radius 2 is 1.77 bits per heavy atom. The molecule has 2 aliphatic rings. The predicted octanol–water partition coefficient (Wildman–Crippen LogP) is 3.42. The second-order valence-electron chi connectivity index (χ2n) is 8.76. The molecule has 2 aromatic rings. The Morgan fingerprint density at radius 3 is 2.48 bits per heavy atom. The fraction of sp³-hybridized carbons (Fsp3) is 0.500. The van der Waals surface area contributed by atoms with Crippen LogP contribution in [0.2, 0.25) is 0 Å². The number of methoxy groups -OCH3 is 1. The number of hydrogen-bond acceptors (Lipinski definition) is 5. The molecule has 0 aliphatic carbocycles. The largest absolute Gasteiger partial charge is 0.495 e. The molecule has 1 atom stereocenters. The number of nitrogens with one attached hydrogen (secondary N) is 1. The van der Waals surface area contributed by atoms with Crippen molar-refractivity contribution in [3.8, 4) is 5.75 Å². The molecule has 0 bridgehead atoms. The van der Waals surface area contributed by atoms with Crippen LogP contribution in [0.1, 0.15) is 41.1 Å². The number of anilines is 1. The van der Waals surface area contributed by atoms with Gasteiger partial charge in [0.2, 0.25) is 10.0 Å². The molecule has 7 heteroatoms. The summed E-state index contributed by atoms with van der Waals surface area (Å²) < 4.78 is 34.8. The van der Waals surface area contributed by atoms with Gasteiger partial charge >= 0.3 is 0 Å². The molecule has 0 spiro atoms. The Kier molecular flexibility index (Phi) is 6.28. The molecule has 0 radical (unpaired) electrons. The van der Waals surface area contributed by atoms with Crippen LogP contribution >= 0.6 is 0 Å². The summed E-state index contributed by atoms with van der Waals surface area (Å²) in [5.41, 5.74) is 5.76. The monoisotopic (exact) mass is 443 g/mol. The zero-order valence-electron chi connectivity index (χ0n) is 18.9. The van der Waals surface area contributed by atoms with Gasteiger partial charge in [-0.05, 0) is 86.7 Å².